The van der Waals surface area contributed by atoms with Gasteiger partial charge in [0, 0.05) is 49.2 Å². The van der Waals surface area contributed by atoms with E-state index in [0.717, 1.165) is 19.4 Å². The lowest BCUT2D eigenvalue weighted by Crippen LogP contribution is -2.37. The quantitative estimate of drug-likeness (QED) is 0.649. The number of imidazole rings is 1. The Bertz CT molecular complexity index is 718. The fourth-order valence-corrected chi connectivity index (χ4v) is 2.86. The molecule has 1 saturated heterocycles. The number of hydrogen-bond donors (Lipinski definition) is 3. The highest BCUT2D eigenvalue weighted by atomic mass is 35.5. The van der Waals surface area contributed by atoms with Crippen molar-refractivity contribution in [3.8, 4) is 0 Å². The van der Waals surface area contributed by atoms with Crippen molar-refractivity contribution in [1.82, 2.24) is 20.2 Å². The Morgan fingerprint density at radius 2 is 2.15 bits per heavy atom. The third kappa shape index (κ3) is 7.21. The minimum atomic E-state index is -0.122. The van der Waals surface area contributed by atoms with E-state index in [4.69, 9.17) is 0 Å². The number of anilines is 1. The largest absolute Gasteiger partial charge is 0.350 e. The molecule has 0 aliphatic carbocycles. The van der Waals surface area contributed by atoms with E-state index in [0.29, 0.717) is 36.8 Å². The van der Waals surface area contributed by atoms with Crippen molar-refractivity contribution in [2.24, 2.45) is 0 Å². The van der Waals surface area contributed by atoms with Gasteiger partial charge in [0.05, 0.1) is 6.33 Å². The van der Waals surface area contributed by atoms with Crippen LogP contribution >= 0.6 is 24.8 Å². The van der Waals surface area contributed by atoms with Gasteiger partial charge in [0.1, 0.15) is 0 Å². The minimum Gasteiger partial charge on any atom is -0.350 e. The van der Waals surface area contributed by atoms with Crippen LogP contribution in [0.15, 0.2) is 43.0 Å². The summed E-state index contributed by atoms with van der Waals surface area (Å²) in [4.78, 5) is 28.2. The van der Waals surface area contributed by atoms with E-state index in [9.17, 15) is 9.59 Å². The summed E-state index contributed by atoms with van der Waals surface area (Å²) in [5.41, 5.74) is 1.17. The summed E-state index contributed by atoms with van der Waals surface area (Å²) >= 11 is 0. The maximum absolute atomic E-state index is 12.3. The van der Waals surface area contributed by atoms with Gasteiger partial charge in [0.2, 0.25) is 5.91 Å². The number of aromatic nitrogens is 2. The van der Waals surface area contributed by atoms with Crippen LogP contribution in [0.5, 0.6) is 0 Å². The SMILES string of the molecule is Cl.Cl.O=C(CCn1ccnc1)Nc1cccc(C(=O)NCC2CCCN2)c1. The van der Waals surface area contributed by atoms with Gasteiger partial charge in [-0.3, -0.25) is 9.59 Å². The van der Waals surface area contributed by atoms with Crippen molar-refractivity contribution in [3.05, 3.63) is 48.5 Å². The highest BCUT2D eigenvalue weighted by molar-refractivity contribution is 5.97. The standard InChI is InChI=1S/C18H23N5O2.2ClH/c24-17(6-9-23-10-8-19-13-23)22-15-4-1-3-14(11-15)18(25)21-12-16-5-2-7-20-16;;/h1,3-4,8,10-11,13,16,20H,2,5-7,9,12H2,(H,21,25)(H,22,24);2*1H. The molecule has 3 N–H and O–H groups in total. The van der Waals surface area contributed by atoms with Crippen molar-refractivity contribution < 1.29 is 9.59 Å². The number of benzene rings is 1. The molecule has 148 valence electrons. The Labute approximate surface area is 171 Å². The van der Waals surface area contributed by atoms with Gasteiger partial charge in [-0.05, 0) is 37.6 Å². The van der Waals surface area contributed by atoms with Gasteiger partial charge in [-0.25, -0.2) is 4.98 Å². The van der Waals surface area contributed by atoms with Crippen LogP contribution in [0.25, 0.3) is 0 Å². The van der Waals surface area contributed by atoms with E-state index in [1.165, 1.54) is 0 Å². The maximum Gasteiger partial charge on any atom is 0.251 e. The Morgan fingerprint density at radius 1 is 1.30 bits per heavy atom. The van der Waals surface area contributed by atoms with E-state index in [2.05, 4.69) is 20.9 Å². The Morgan fingerprint density at radius 3 is 2.85 bits per heavy atom. The molecule has 9 heteroatoms. The fourth-order valence-electron chi connectivity index (χ4n) is 2.86. The Hall–Kier alpha value is -2.09. The molecule has 1 aliphatic rings. The molecule has 27 heavy (non-hydrogen) atoms. The van der Waals surface area contributed by atoms with Crippen molar-refractivity contribution in [1.29, 1.82) is 0 Å². The first-order chi connectivity index (χ1) is 12.2. The molecule has 0 radical (unpaired) electrons. The average molecular weight is 414 g/mol. The van der Waals surface area contributed by atoms with Gasteiger partial charge in [-0.2, -0.15) is 0 Å². The molecule has 0 saturated carbocycles. The Balaban J connectivity index is 0.00000182. The first kappa shape index (κ1) is 23.0. The van der Waals surface area contributed by atoms with E-state index in [-0.39, 0.29) is 36.6 Å². The van der Waals surface area contributed by atoms with Crippen molar-refractivity contribution in [3.63, 3.8) is 0 Å². The lowest BCUT2D eigenvalue weighted by atomic mass is 10.1. The van der Waals surface area contributed by atoms with Crippen molar-refractivity contribution >= 4 is 42.3 Å². The third-order valence-electron chi connectivity index (χ3n) is 4.24. The number of halogens is 2. The zero-order valence-electron chi connectivity index (χ0n) is 14.9. The maximum atomic E-state index is 12.3. The molecule has 1 fully saturated rings. The first-order valence-electron chi connectivity index (χ1n) is 8.58. The van der Waals surface area contributed by atoms with Gasteiger partial charge in [0.25, 0.3) is 5.91 Å². The third-order valence-corrected chi connectivity index (χ3v) is 4.24. The fraction of sp³-hybridized carbons (Fsp3) is 0.389. The minimum absolute atomic E-state index is 0. The number of carbonyl (C=O) groups excluding carboxylic acids is 2. The zero-order chi connectivity index (χ0) is 17.5. The highest BCUT2D eigenvalue weighted by Crippen LogP contribution is 2.12. The van der Waals surface area contributed by atoms with Gasteiger partial charge in [-0.1, -0.05) is 6.07 Å². The average Bonchev–Trinajstić information content (AvgIpc) is 3.32. The summed E-state index contributed by atoms with van der Waals surface area (Å²) in [6, 6.07) is 7.36. The molecule has 1 aliphatic heterocycles. The molecule has 0 spiro atoms. The van der Waals surface area contributed by atoms with Crippen LogP contribution in [-0.2, 0) is 11.3 Å². The second-order valence-corrected chi connectivity index (χ2v) is 6.18. The van der Waals surface area contributed by atoms with Crippen LogP contribution in [-0.4, -0.2) is 40.5 Å². The van der Waals surface area contributed by atoms with Crippen LogP contribution in [0.4, 0.5) is 5.69 Å². The number of nitrogens with zero attached hydrogens (tertiary/aromatic N) is 2. The van der Waals surface area contributed by atoms with Crippen molar-refractivity contribution in [2.75, 3.05) is 18.4 Å². The van der Waals surface area contributed by atoms with Gasteiger partial charge in [0.15, 0.2) is 0 Å². The predicted molar refractivity (Wildman–Crippen MR) is 110 cm³/mol. The molecule has 3 rings (SSSR count). The normalized spacial score (nSPS) is 15.3. The number of nitrogens with one attached hydrogen (secondary N) is 3. The van der Waals surface area contributed by atoms with Crippen molar-refractivity contribution in [2.45, 2.75) is 31.8 Å². The molecule has 2 amide bonds. The number of amides is 2. The summed E-state index contributed by atoms with van der Waals surface area (Å²) in [6.45, 7) is 2.21. The molecule has 1 atom stereocenters. The molecular weight excluding hydrogens is 389 g/mol. The predicted octanol–water partition coefficient (Wildman–Crippen LogP) is 2.24. The molecule has 1 unspecified atom stereocenters. The summed E-state index contributed by atoms with van der Waals surface area (Å²) in [7, 11) is 0. The van der Waals surface area contributed by atoms with Crippen LogP contribution in [0.2, 0.25) is 0 Å². The second-order valence-electron chi connectivity index (χ2n) is 6.18. The molecule has 2 aromatic rings. The second kappa shape index (κ2) is 11.6. The topological polar surface area (TPSA) is 88.0 Å². The monoisotopic (exact) mass is 413 g/mol. The molecule has 7 nitrogen and oxygen atoms in total. The summed E-state index contributed by atoms with van der Waals surface area (Å²) in [5.74, 6) is -0.218. The van der Waals surface area contributed by atoms with E-state index in [1.54, 1.807) is 36.8 Å². The zero-order valence-corrected chi connectivity index (χ0v) is 16.5. The number of carbonyl (C=O) groups is 2. The summed E-state index contributed by atoms with van der Waals surface area (Å²) in [5, 5.41) is 9.12. The van der Waals surface area contributed by atoms with Crippen LogP contribution in [0.1, 0.15) is 29.6 Å². The Kier molecular flexibility index (Phi) is 9.85. The molecule has 0 bridgehead atoms. The molecule has 1 aromatic carbocycles. The van der Waals surface area contributed by atoms with Gasteiger partial charge in [-0.15, -0.1) is 24.8 Å². The smallest absolute Gasteiger partial charge is 0.251 e. The number of aryl methyl sites for hydroxylation is 1. The van der Waals surface area contributed by atoms with E-state index in [1.807, 2.05) is 10.8 Å². The molecule has 1 aromatic heterocycles. The van der Waals surface area contributed by atoms with Crippen LogP contribution < -0.4 is 16.0 Å². The van der Waals surface area contributed by atoms with Gasteiger partial charge < -0.3 is 20.5 Å². The van der Waals surface area contributed by atoms with E-state index < -0.39 is 0 Å². The number of hydrogen-bond acceptors (Lipinski definition) is 4. The highest BCUT2D eigenvalue weighted by Gasteiger charge is 2.15. The van der Waals surface area contributed by atoms with Crippen LogP contribution in [0.3, 0.4) is 0 Å². The molecular formula is C18H25Cl2N5O2. The molecule has 2 heterocycles. The summed E-state index contributed by atoms with van der Waals surface area (Å²) < 4.78 is 1.85. The lowest BCUT2D eigenvalue weighted by Gasteiger charge is -2.12. The lowest BCUT2D eigenvalue weighted by molar-refractivity contribution is -0.116. The van der Waals surface area contributed by atoms with Gasteiger partial charge >= 0.3 is 0 Å². The number of rotatable bonds is 7. The van der Waals surface area contributed by atoms with E-state index >= 15 is 0 Å². The van der Waals surface area contributed by atoms with Crippen LogP contribution in [0, 0.1) is 0 Å². The first-order valence-corrected chi connectivity index (χ1v) is 8.58. The summed E-state index contributed by atoms with van der Waals surface area (Å²) in [6.07, 6.45) is 7.77.